The maximum atomic E-state index is 12.5. The predicted octanol–water partition coefficient (Wildman–Crippen LogP) is 2.98. The minimum Gasteiger partial charge on any atom is -0.345 e. The Labute approximate surface area is 113 Å². The summed E-state index contributed by atoms with van der Waals surface area (Å²) in [6.07, 6.45) is -2.46. The van der Waals surface area contributed by atoms with Gasteiger partial charge in [-0.3, -0.25) is 4.79 Å². The number of nitrogens with zero attached hydrogens (tertiary/aromatic N) is 2. The van der Waals surface area contributed by atoms with Crippen LogP contribution in [0.25, 0.3) is 11.0 Å². The third-order valence-corrected chi connectivity index (χ3v) is 2.82. The first kappa shape index (κ1) is 14.4. The highest BCUT2D eigenvalue weighted by molar-refractivity contribution is 5.97. The van der Waals surface area contributed by atoms with E-state index in [1.165, 1.54) is 18.5 Å². The van der Waals surface area contributed by atoms with E-state index in [2.05, 4.69) is 9.97 Å². The second kappa shape index (κ2) is 5.52. The molecule has 4 nitrogen and oxygen atoms in total. The van der Waals surface area contributed by atoms with E-state index in [1.54, 1.807) is 13.0 Å². The summed E-state index contributed by atoms with van der Waals surface area (Å²) >= 11 is 0. The van der Waals surface area contributed by atoms with E-state index in [0.29, 0.717) is 17.5 Å². The largest absolute Gasteiger partial charge is 0.406 e. The molecule has 1 N–H and O–H groups in total. The molecule has 0 bridgehead atoms. The summed E-state index contributed by atoms with van der Waals surface area (Å²) in [7, 11) is 0. The van der Waals surface area contributed by atoms with Crippen molar-refractivity contribution >= 4 is 16.9 Å². The molecule has 0 unspecified atom stereocenters. The van der Waals surface area contributed by atoms with E-state index in [4.69, 9.17) is 0 Å². The Morgan fingerprint density at radius 2 is 2.15 bits per heavy atom. The topological polar surface area (TPSA) is 49.0 Å². The van der Waals surface area contributed by atoms with Crippen molar-refractivity contribution in [1.82, 2.24) is 14.9 Å². The Morgan fingerprint density at radius 3 is 2.80 bits per heavy atom. The maximum Gasteiger partial charge on any atom is 0.406 e. The zero-order valence-corrected chi connectivity index (χ0v) is 10.9. The van der Waals surface area contributed by atoms with E-state index in [-0.39, 0.29) is 12.1 Å². The first-order valence-corrected chi connectivity index (χ1v) is 6.20. The SMILES string of the molecule is CCCN(CC(F)(F)F)C(=O)c1ccc2nc[nH]c2c1. The third kappa shape index (κ3) is 3.28. The predicted molar refractivity (Wildman–Crippen MR) is 68.3 cm³/mol. The Hall–Kier alpha value is -2.05. The van der Waals surface area contributed by atoms with Crippen molar-refractivity contribution in [3.05, 3.63) is 30.1 Å². The number of benzene rings is 1. The Morgan fingerprint density at radius 1 is 1.40 bits per heavy atom. The zero-order valence-electron chi connectivity index (χ0n) is 10.9. The van der Waals surface area contributed by atoms with Crippen LogP contribution < -0.4 is 0 Å². The third-order valence-electron chi connectivity index (χ3n) is 2.82. The molecule has 0 atom stereocenters. The summed E-state index contributed by atoms with van der Waals surface area (Å²) in [5, 5.41) is 0. The Balaban J connectivity index is 2.25. The number of amides is 1. The van der Waals surface area contributed by atoms with Crippen molar-refractivity contribution in [3.8, 4) is 0 Å². The summed E-state index contributed by atoms with van der Waals surface area (Å²) in [4.78, 5) is 19.8. The number of aromatic nitrogens is 2. The summed E-state index contributed by atoms with van der Waals surface area (Å²) in [6, 6.07) is 4.62. The Kier molecular flexibility index (Phi) is 3.96. The van der Waals surface area contributed by atoms with Gasteiger partial charge >= 0.3 is 6.18 Å². The molecule has 0 aliphatic carbocycles. The van der Waals surface area contributed by atoms with E-state index in [0.717, 1.165) is 4.90 Å². The molecule has 20 heavy (non-hydrogen) atoms. The minimum absolute atomic E-state index is 0.0688. The van der Waals surface area contributed by atoms with Gasteiger partial charge in [0.15, 0.2) is 0 Å². The fourth-order valence-corrected chi connectivity index (χ4v) is 1.99. The molecule has 1 aromatic carbocycles. The maximum absolute atomic E-state index is 12.5. The molecule has 0 aliphatic heterocycles. The smallest absolute Gasteiger partial charge is 0.345 e. The minimum atomic E-state index is -4.40. The lowest BCUT2D eigenvalue weighted by Gasteiger charge is -2.23. The summed E-state index contributed by atoms with van der Waals surface area (Å²) in [5.41, 5.74) is 1.51. The van der Waals surface area contributed by atoms with Crippen LogP contribution in [0.3, 0.4) is 0 Å². The molecule has 2 aromatic rings. The first-order chi connectivity index (χ1) is 9.40. The van der Waals surface area contributed by atoms with Crippen LogP contribution in [0.4, 0.5) is 13.2 Å². The molecule has 1 aromatic heterocycles. The van der Waals surface area contributed by atoms with E-state index >= 15 is 0 Å². The van der Waals surface area contributed by atoms with E-state index < -0.39 is 18.6 Å². The summed E-state index contributed by atoms with van der Waals surface area (Å²) < 4.78 is 37.5. The number of halogens is 3. The van der Waals surface area contributed by atoms with Gasteiger partial charge in [-0.25, -0.2) is 4.98 Å². The quantitative estimate of drug-likeness (QED) is 0.938. The lowest BCUT2D eigenvalue weighted by atomic mass is 10.1. The number of carbonyl (C=O) groups excluding carboxylic acids is 1. The van der Waals surface area contributed by atoms with Crippen LogP contribution in [0.5, 0.6) is 0 Å². The van der Waals surface area contributed by atoms with Gasteiger partial charge in [-0.05, 0) is 24.6 Å². The molecule has 0 fully saturated rings. The highest BCUT2D eigenvalue weighted by atomic mass is 19.4. The van der Waals surface area contributed by atoms with Gasteiger partial charge in [0.05, 0.1) is 17.4 Å². The van der Waals surface area contributed by atoms with Crippen LogP contribution in [-0.2, 0) is 0 Å². The number of nitrogens with one attached hydrogen (secondary N) is 1. The number of imidazole rings is 1. The van der Waals surface area contributed by atoms with Crippen molar-refractivity contribution in [2.24, 2.45) is 0 Å². The number of hydrogen-bond donors (Lipinski definition) is 1. The second-order valence-corrected chi connectivity index (χ2v) is 4.48. The zero-order chi connectivity index (χ0) is 14.8. The van der Waals surface area contributed by atoms with Crippen molar-refractivity contribution in [3.63, 3.8) is 0 Å². The molecule has 1 amide bonds. The molecule has 0 saturated heterocycles. The highest BCUT2D eigenvalue weighted by Gasteiger charge is 2.33. The number of alkyl halides is 3. The molecule has 108 valence electrons. The van der Waals surface area contributed by atoms with Gasteiger partial charge in [0.1, 0.15) is 6.54 Å². The van der Waals surface area contributed by atoms with Crippen molar-refractivity contribution in [2.75, 3.05) is 13.1 Å². The fourth-order valence-electron chi connectivity index (χ4n) is 1.99. The van der Waals surface area contributed by atoms with Gasteiger partial charge in [-0.1, -0.05) is 6.92 Å². The molecule has 0 radical (unpaired) electrons. The number of carbonyl (C=O) groups is 1. The number of H-pyrrole nitrogens is 1. The van der Waals surface area contributed by atoms with Gasteiger partial charge in [-0.2, -0.15) is 13.2 Å². The van der Waals surface area contributed by atoms with Crippen molar-refractivity contribution < 1.29 is 18.0 Å². The van der Waals surface area contributed by atoms with Crippen LogP contribution in [0, 0.1) is 0 Å². The molecule has 7 heteroatoms. The summed E-state index contributed by atoms with van der Waals surface area (Å²) in [5.74, 6) is -0.624. The van der Waals surface area contributed by atoms with Crippen LogP contribution in [0.1, 0.15) is 23.7 Å². The molecule has 0 saturated carbocycles. The van der Waals surface area contributed by atoms with Gasteiger partial charge < -0.3 is 9.88 Å². The van der Waals surface area contributed by atoms with Crippen LogP contribution in [0.15, 0.2) is 24.5 Å². The standard InChI is InChI=1S/C13H14F3N3O/c1-2-5-19(7-13(14,15)16)12(20)9-3-4-10-11(6-9)18-8-17-10/h3-4,6,8H,2,5,7H2,1H3,(H,17,18). The van der Waals surface area contributed by atoms with Gasteiger partial charge in [0.2, 0.25) is 0 Å². The second-order valence-electron chi connectivity index (χ2n) is 4.48. The van der Waals surface area contributed by atoms with Crippen LogP contribution in [-0.4, -0.2) is 40.0 Å². The molecular weight excluding hydrogens is 271 g/mol. The lowest BCUT2D eigenvalue weighted by Crippen LogP contribution is -2.39. The first-order valence-electron chi connectivity index (χ1n) is 6.20. The molecule has 1 heterocycles. The average molecular weight is 285 g/mol. The van der Waals surface area contributed by atoms with Gasteiger partial charge in [-0.15, -0.1) is 0 Å². The molecular formula is C13H14F3N3O. The Bertz CT molecular complexity index is 606. The normalized spacial score (nSPS) is 11.8. The number of aromatic amines is 1. The summed E-state index contributed by atoms with van der Waals surface area (Å²) in [6.45, 7) is 0.564. The molecule has 0 spiro atoms. The van der Waals surface area contributed by atoms with Crippen LogP contribution >= 0.6 is 0 Å². The average Bonchev–Trinajstić information content (AvgIpc) is 2.83. The number of rotatable bonds is 4. The van der Waals surface area contributed by atoms with Gasteiger partial charge in [0.25, 0.3) is 5.91 Å². The number of hydrogen-bond acceptors (Lipinski definition) is 2. The highest BCUT2D eigenvalue weighted by Crippen LogP contribution is 2.19. The monoisotopic (exact) mass is 285 g/mol. The van der Waals surface area contributed by atoms with Gasteiger partial charge in [0, 0.05) is 12.1 Å². The van der Waals surface area contributed by atoms with Crippen molar-refractivity contribution in [2.45, 2.75) is 19.5 Å². The number of fused-ring (bicyclic) bond motifs is 1. The van der Waals surface area contributed by atoms with E-state index in [9.17, 15) is 18.0 Å². The fraction of sp³-hybridized carbons (Fsp3) is 0.385. The van der Waals surface area contributed by atoms with Crippen molar-refractivity contribution in [1.29, 1.82) is 0 Å². The molecule has 0 aliphatic rings. The molecule has 2 rings (SSSR count). The lowest BCUT2D eigenvalue weighted by molar-refractivity contribution is -0.140. The van der Waals surface area contributed by atoms with Crippen LogP contribution in [0.2, 0.25) is 0 Å². The van der Waals surface area contributed by atoms with E-state index in [1.807, 2.05) is 0 Å².